The summed E-state index contributed by atoms with van der Waals surface area (Å²) < 4.78 is 13.0. The molecule has 0 aliphatic rings. The Morgan fingerprint density at radius 3 is 2.65 bits per heavy atom. The molecule has 2 unspecified atom stereocenters. The molecule has 0 aliphatic heterocycles. The van der Waals surface area contributed by atoms with E-state index in [0.717, 1.165) is 25.1 Å². The van der Waals surface area contributed by atoms with E-state index in [1.807, 2.05) is 6.07 Å². The Hall–Kier alpha value is -0.930. The zero-order valence-corrected chi connectivity index (χ0v) is 10.8. The van der Waals surface area contributed by atoms with Gasteiger partial charge in [-0.3, -0.25) is 0 Å². The van der Waals surface area contributed by atoms with Gasteiger partial charge in [0.05, 0.1) is 6.10 Å². The third-order valence-corrected chi connectivity index (χ3v) is 2.79. The monoisotopic (exact) mass is 239 g/mol. The summed E-state index contributed by atoms with van der Waals surface area (Å²) in [5.41, 5.74) is 1.77. The lowest BCUT2D eigenvalue weighted by Crippen LogP contribution is -2.23. The summed E-state index contributed by atoms with van der Waals surface area (Å²) in [6.07, 6.45) is 0.551. The average Bonchev–Trinajstić information content (AvgIpc) is 2.22. The van der Waals surface area contributed by atoms with E-state index in [4.69, 9.17) is 0 Å². The van der Waals surface area contributed by atoms with Crippen molar-refractivity contribution >= 4 is 0 Å². The van der Waals surface area contributed by atoms with E-state index < -0.39 is 0 Å². The SMILES string of the molecule is Cc1cc(CNCC(C)CC(C)O)ccc1F. The zero-order valence-electron chi connectivity index (χ0n) is 10.8. The zero-order chi connectivity index (χ0) is 12.8. The van der Waals surface area contributed by atoms with Crippen molar-refractivity contribution in [1.82, 2.24) is 5.32 Å². The Balaban J connectivity index is 2.33. The Morgan fingerprint density at radius 2 is 2.06 bits per heavy atom. The van der Waals surface area contributed by atoms with E-state index in [0.29, 0.717) is 11.5 Å². The molecule has 0 saturated carbocycles. The van der Waals surface area contributed by atoms with Crippen molar-refractivity contribution in [2.75, 3.05) is 6.54 Å². The Morgan fingerprint density at radius 1 is 1.35 bits per heavy atom. The highest BCUT2D eigenvalue weighted by Crippen LogP contribution is 2.09. The molecule has 3 heteroatoms. The Bertz CT molecular complexity index is 352. The fourth-order valence-electron chi connectivity index (χ4n) is 1.95. The first-order valence-electron chi connectivity index (χ1n) is 6.13. The number of hydrogen-bond acceptors (Lipinski definition) is 2. The Labute approximate surface area is 103 Å². The van der Waals surface area contributed by atoms with Crippen LogP contribution in [0.25, 0.3) is 0 Å². The van der Waals surface area contributed by atoms with Crippen molar-refractivity contribution in [3.05, 3.63) is 35.1 Å². The maximum atomic E-state index is 13.0. The second-order valence-corrected chi connectivity index (χ2v) is 4.90. The van der Waals surface area contributed by atoms with Gasteiger partial charge < -0.3 is 10.4 Å². The van der Waals surface area contributed by atoms with Gasteiger partial charge in [-0.2, -0.15) is 0 Å². The molecule has 0 fully saturated rings. The normalized spacial score (nSPS) is 14.6. The van der Waals surface area contributed by atoms with Crippen LogP contribution in [-0.2, 0) is 6.54 Å². The van der Waals surface area contributed by atoms with E-state index >= 15 is 0 Å². The van der Waals surface area contributed by atoms with Gasteiger partial charge in [0.2, 0.25) is 0 Å². The molecule has 0 heterocycles. The highest BCUT2D eigenvalue weighted by Gasteiger charge is 2.05. The summed E-state index contributed by atoms with van der Waals surface area (Å²) in [5, 5.41) is 12.6. The number of benzene rings is 1. The van der Waals surface area contributed by atoms with Gasteiger partial charge in [-0.05, 0) is 49.9 Å². The molecule has 2 nitrogen and oxygen atoms in total. The molecule has 1 aromatic carbocycles. The van der Waals surface area contributed by atoms with E-state index in [9.17, 15) is 9.50 Å². The maximum Gasteiger partial charge on any atom is 0.126 e. The summed E-state index contributed by atoms with van der Waals surface area (Å²) >= 11 is 0. The topological polar surface area (TPSA) is 32.3 Å². The van der Waals surface area contributed by atoms with E-state index in [1.165, 1.54) is 6.07 Å². The molecule has 0 amide bonds. The fraction of sp³-hybridized carbons (Fsp3) is 0.571. The summed E-state index contributed by atoms with van der Waals surface area (Å²) in [7, 11) is 0. The first-order valence-corrected chi connectivity index (χ1v) is 6.13. The lowest BCUT2D eigenvalue weighted by Gasteiger charge is -2.14. The van der Waals surface area contributed by atoms with Crippen LogP contribution >= 0.6 is 0 Å². The predicted molar refractivity (Wildman–Crippen MR) is 68.3 cm³/mol. The first-order chi connectivity index (χ1) is 7.99. The highest BCUT2D eigenvalue weighted by atomic mass is 19.1. The minimum Gasteiger partial charge on any atom is -0.393 e. The molecule has 0 spiro atoms. The van der Waals surface area contributed by atoms with Crippen molar-refractivity contribution in [2.45, 2.75) is 39.8 Å². The molecule has 0 saturated heterocycles. The van der Waals surface area contributed by atoms with E-state index in [-0.39, 0.29) is 11.9 Å². The minimum absolute atomic E-state index is 0.156. The van der Waals surface area contributed by atoms with Gasteiger partial charge in [-0.1, -0.05) is 19.1 Å². The number of nitrogens with one attached hydrogen (secondary N) is 1. The van der Waals surface area contributed by atoms with Gasteiger partial charge in [0.15, 0.2) is 0 Å². The summed E-state index contributed by atoms with van der Waals surface area (Å²) in [6.45, 7) is 7.29. The molecule has 0 bridgehead atoms. The average molecular weight is 239 g/mol. The number of aryl methyl sites for hydroxylation is 1. The molecule has 0 aliphatic carbocycles. The fourth-order valence-corrected chi connectivity index (χ4v) is 1.95. The van der Waals surface area contributed by atoms with Crippen LogP contribution in [0, 0.1) is 18.7 Å². The molecule has 17 heavy (non-hydrogen) atoms. The summed E-state index contributed by atoms with van der Waals surface area (Å²) in [5.74, 6) is 0.285. The number of rotatable bonds is 6. The molecule has 1 aromatic rings. The third-order valence-electron chi connectivity index (χ3n) is 2.79. The van der Waals surface area contributed by atoms with Crippen LogP contribution in [0.5, 0.6) is 0 Å². The van der Waals surface area contributed by atoms with Crippen molar-refractivity contribution < 1.29 is 9.50 Å². The van der Waals surface area contributed by atoms with Crippen LogP contribution in [0.2, 0.25) is 0 Å². The standard InChI is InChI=1S/C14H22FNO/c1-10(6-12(3)17)8-16-9-13-4-5-14(15)11(2)7-13/h4-5,7,10,12,16-17H,6,8-9H2,1-3H3. The lowest BCUT2D eigenvalue weighted by molar-refractivity contribution is 0.163. The van der Waals surface area contributed by atoms with Gasteiger partial charge >= 0.3 is 0 Å². The van der Waals surface area contributed by atoms with Crippen LogP contribution < -0.4 is 5.32 Å². The maximum absolute atomic E-state index is 13.0. The van der Waals surface area contributed by atoms with Crippen LogP contribution in [0.1, 0.15) is 31.4 Å². The van der Waals surface area contributed by atoms with Crippen molar-refractivity contribution in [2.24, 2.45) is 5.92 Å². The number of aliphatic hydroxyl groups excluding tert-OH is 1. The highest BCUT2D eigenvalue weighted by molar-refractivity contribution is 5.23. The van der Waals surface area contributed by atoms with E-state index in [2.05, 4.69) is 12.2 Å². The van der Waals surface area contributed by atoms with E-state index in [1.54, 1.807) is 19.9 Å². The molecular weight excluding hydrogens is 217 g/mol. The van der Waals surface area contributed by atoms with Crippen LogP contribution in [0.3, 0.4) is 0 Å². The predicted octanol–water partition coefficient (Wildman–Crippen LogP) is 2.63. The molecule has 1 rings (SSSR count). The third kappa shape index (κ3) is 5.29. The number of halogens is 1. The van der Waals surface area contributed by atoms with Crippen LogP contribution in [0.4, 0.5) is 4.39 Å². The molecule has 2 N–H and O–H groups in total. The van der Waals surface area contributed by atoms with Crippen molar-refractivity contribution in [3.63, 3.8) is 0 Å². The largest absolute Gasteiger partial charge is 0.393 e. The van der Waals surface area contributed by atoms with Crippen molar-refractivity contribution in [1.29, 1.82) is 0 Å². The molecule has 96 valence electrons. The number of hydrogen-bond donors (Lipinski definition) is 2. The van der Waals surface area contributed by atoms with Gasteiger partial charge in [0.25, 0.3) is 0 Å². The minimum atomic E-state index is -0.250. The molecular formula is C14H22FNO. The number of aliphatic hydroxyl groups is 1. The molecule has 0 aromatic heterocycles. The summed E-state index contributed by atoms with van der Waals surface area (Å²) in [6, 6.07) is 5.17. The first kappa shape index (κ1) is 14.1. The van der Waals surface area contributed by atoms with Crippen LogP contribution in [0.15, 0.2) is 18.2 Å². The van der Waals surface area contributed by atoms with Gasteiger partial charge in [0, 0.05) is 6.54 Å². The smallest absolute Gasteiger partial charge is 0.126 e. The van der Waals surface area contributed by atoms with Crippen LogP contribution in [-0.4, -0.2) is 17.8 Å². The second-order valence-electron chi connectivity index (χ2n) is 4.90. The lowest BCUT2D eigenvalue weighted by atomic mass is 10.0. The Kier molecular flexibility index (Phi) is 5.59. The van der Waals surface area contributed by atoms with Gasteiger partial charge in [-0.25, -0.2) is 4.39 Å². The van der Waals surface area contributed by atoms with Gasteiger partial charge in [0.1, 0.15) is 5.82 Å². The quantitative estimate of drug-likeness (QED) is 0.800. The molecule has 2 atom stereocenters. The second kappa shape index (κ2) is 6.72. The molecule has 0 radical (unpaired) electrons. The summed E-state index contributed by atoms with van der Waals surface area (Å²) in [4.78, 5) is 0. The van der Waals surface area contributed by atoms with Gasteiger partial charge in [-0.15, -0.1) is 0 Å². The van der Waals surface area contributed by atoms with Crippen molar-refractivity contribution in [3.8, 4) is 0 Å².